The third-order valence-electron chi connectivity index (χ3n) is 2.44. The Hall–Kier alpha value is -1.79. The molecule has 0 amide bonds. The van der Waals surface area contributed by atoms with Gasteiger partial charge in [-0.1, -0.05) is 12.1 Å². The number of ether oxygens (including phenoxy) is 2. The number of nitro benzene ring substituents is 1. The number of ketones is 1. The van der Waals surface area contributed by atoms with Crippen molar-refractivity contribution in [2.24, 2.45) is 0 Å². The predicted molar refractivity (Wildman–Crippen MR) is 57.7 cm³/mol. The molecule has 0 unspecified atom stereocenters. The molecular formula is C11H11NO5. The Morgan fingerprint density at radius 3 is 2.65 bits per heavy atom. The molecule has 0 aliphatic carbocycles. The van der Waals surface area contributed by atoms with Crippen LogP contribution in [0.15, 0.2) is 24.3 Å². The molecule has 1 aliphatic heterocycles. The average molecular weight is 237 g/mol. The van der Waals surface area contributed by atoms with E-state index in [9.17, 15) is 14.9 Å². The number of para-hydroxylation sites is 1. The van der Waals surface area contributed by atoms with Gasteiger partial charge in [0.05, 0.1) is 30.1 Å². The van der Waals surface area contributed by atoms with Crippen molar-refractivity contribution in [1.29, 1.82) is 0 Å². The van der Waals surface area contributed by atoms with Gasteiger partial charge in [-0.3, -0.25) is 14.9 Å². The number of hydrogen-bond acceptors (Lipinski definition) is 5. The molecule has 0 radical (unpaired) electrons. The van der Waals surface area contributed by atoms with Crippen molar-refractivity contribution in [3.63, 3.8) is 0 Å². The summed E-state index contributed by atoms with van der Waals surface area (Å²) < 4.78 is 10.3. The molecule has 2 rings (SSSR count). The van der Waals surface area contributed by atoms with Crippen LogP contribution in [-0.4, -0.2) is 30.2 Å². The maximum absolute atomic E-state index is 11.9. The Kier molecular flexibility index (Phi) is 3.46. The van der Waals surface area contributed by atoms with E-state index in [0.717, 1.165) is 0 Å². The highest BCUT2D eigenvalue weighted by atomic mass is 16.7. The molecule has 17 heavy (non-hydrogen) atoms. The van der Waals surface area contributed by atoms with Crippen molar-refractivity contribution in [3.05, 3.63) is 39.9 Å². The number of Topliss-reactive ketones (excluding diaryl/α,β-unsaturated/α-hetero) is 1. The zero-order valence-corrected chi connectivity index (χ0v) is 9.00. The van der Waals surface area contributed by atoms with Gasteiger partial charge >= 0.3 is 0 Å². The largest absolute Gasteiger partial charge is 0.350 e. The minimum atomic E-state index is -0.581. The summed E-state index contributed by atoms with van der Waals surface area (Å²) in [5, 5.41) is 10.8. The Morgan fingerprint density at radius 1 is 1.35 bits per heavy atom. The van der Waals surface area contributed by atoms with Crippen LogP contribution in [0.4, 0.5) is 5.69 Å². The highest BCUT2D eigenvalue weighted by molar-refractivity contribution is 5.99. The molecule has 6 heteroatoms. The van der Waals surface area contributed by atoms with E-state index in [-0.39, 0.29) is 23.5 Å². The monoisotopic (exact) mass is 237 g/mol. The van der Waals surface area contributed by atoms with Gasteiger partial charge in [-0.2, -0.15) is 0 Å². The molecule has 0 atom stereocenters. The van der Waals surface area contributed by atoms with Crippen LogP contribution in [0.2, 0.25) is 0 Å². The van der Waals surface area contributed by atoms with Gasteiger partial charge in [0, 0.05) is 6.07 Å². The lowest BCUT2D eigenvalue weighted by molar-refractivity contribution is -0.385. The van der Waals surface area contributed by atoms with Crippen LogP contribution in [0.3, 0.4) is 0 Å². The predicted octanol–water partition coefficient (Wildman–Crippen LogP) is 1.54. The van der Waals surface area contributed by atoms with Gasteiger partial charge in [0.2, 0.25) is 0 Å². The summed E-state index contributed by atoms with van der Waals surface area (Å²) in [6.07, 6.45) is -0.576. The lowest BCUT2D eigenvalue weighted by Crippen LogP contribution is -2.15. The van der Waals surface area contributed by atoms with E-state index in [4.69, 9.17) is 9.47 Å². The maximum Gasteiger partial charge on any atom is 0.280 e. The van der Waals surface area contributed by atoms with Crippen LogP contribution in [-0.2, 0) is 9.47 Å². The van der Waals surface area contributed by atoms with Gasteiger partial charge in [-0.25, -0.2) is 0 Å². The third-order valence-corrected chi connectivity index (χ3v) is 2.44. The smallest absolute Gasteiger partial charge is 0.280 e. The highest BCUT2D eigenvalue weighted by Crippen LogP contribution is 2.21. The fourth-order valence-corrected chi connectivity index (χ4v) is 1.66. The first kappa shape index (κ1) is 11.7. The lowest BCUT2D eigenvalue weighted by atomic mass is 10.1. The maximum atomic E-state index is 11.9. The number of hydrogen-bond donors (Lipinski definition) is 0. The van der Waals surface area contributed by atoms with Crippen molar-refractivity contribution in [2.45, 2.75) is 12.7 Å². The van der Waals surface area contributed by atoms with Crippen molar-refractivity contribution in [3.8, 4) is 0 Å². The van der Waals surface area contributed by atoms with Crippen LogP contribution >= 0.6 is 0 Å². The van der Waals surface area contributed by atoms with E-state index < -0.39 is 11.2 Å². The Labute approximate surface area is 97.3 Å². The Morgan fingerprint density at radius 2 is 2.00 bits per heavy atom. The minimum absolute atomic E-state index is 0.00481. The van der Waals surface area contributed by atoms with Crippen LogP contribution < -0.4 is 0 Å². The first-order chi connectivity index (χ1) is 8.18. The van der Waals surface area contributed by atoms with Crippen LogP contribution in [0.5, 0.6) is 0 Å². The fourth-order valence-electron chi connectivity index (χ4n) is 1.66. The van der Waals surface area contributed by atoms with E-state index in [1.54, 1.807) is 6.07 Å². The standard InChI is InChI=1S/C11H11NO5/c13-10(7-11-16-5-6-17-11)8-3-1-2-4-9(8)12(14)15/h1-4,11H,5-7H2. The normalized spacial score (nSPS) is 16.0. The molecule has 0 N–H and O–H groups in total. The number of benzene rings is 1. The average Bonchev–Trinajstić information content (AvgIpc) is 2.81. The number of carbonyl (C=O) groups excluding carboxylic acids is 1. The summed E-state index contributed by atoms with van der Waals surface area (Å²) in [6, 6.07) is 5.87. The number of nitro groups is 1. The molecule has 0 aromatic heterocycles. The summed E-state index contributed by atoms with van der Waals surface area (Å²) in [6.45, 7) is 0.906. The number of rotatable bonds is 4. The van der Waals surface area contributed by atoms with Gasteiger partial charge in [-0.15, -0.1) is 0 Å². The summed E-state index contributed by atoms with van der Waals surface area (Å²) in [5.41, 5.74) is -0.0907. The van der Waals surface area contributed by atoms with Crippen LogP contribution in [0.1, 0.15) is 16.8 Å². The van der Waals surface area contributed by atoms with Crippen molar-refractivity contribution in [2.75, 3.05) is 13.2 Å². The van der Waals surface area contributed by atoms with Gasteiger partial charge in [-0.05, 0) is 6.07 Å². The summed E-state index contributed by atoms with van der Waals surface area (Å²) in [5.74, 6) is -0.343. The molecule has 1 aromatic carbocycles. The van der Waals surface area contributed by atoms with Crippen molar-refractivity contribution >= 4 is 11.5 Å². The van der Waals surface area contributed by atoms with E-state index in [2.05, 4.69) is 0 Å². The highest BCUT2D eigenvalue weighted by Gasteiger charge is 2.25. The van der Waals surface area contributed by atoms with E-state index in [0.29, 0.717) is 13.2 Å². The topological polar surface area (TPSA) is 78.7 Å². The Balaban J connectivity index is 2.15. The summed E-state index contributed by atoms with van der Waals surface area (Å²) in [4.78, 5) is 22.0. The first-order valence-corrected chi connectivity index (χ1v) is 5.18. The van der Waals surface area contributed by atoms with Crippen molar-refractivity contribution < 1.29 is 19.2 Å². The molecule has 0 spiro atoms. The van der Waals surface area contributed by atoms with Gasteiger partial charge in [0.15, 0.2) is 12.1 Å². The van der Waals surface area contributed by atoms with Crippen molar-refractivity contribution in [1.82, 2.24) is 0 Å². The van der Waals surface area contributed by atoms with E-state index in [1.807, 2.05) is 0 Å². The SMILES string of the molecule is O=C(CC1OCCO1)c1ccccc1[N+](=O)[O-]. The zero-order valence-electron chi connectivity index (χ0n) is 9.00. The van der Waals surface area contributed by atoms with Crippen LogP contribution in [0, 0.1) is 10.1 Å². The molecule has 1 fully saturated rings. The molecule has 1 aliphatic rings. The second kappa shape index (κ2) is 5.03. The fraction of sp³-hybridized carbons (Fsp3) is 0.364. The lowest BCUT2D eigenvalue weighted by Gasteiger charge is -2.07. The summed E-state index contributed by atoms with van der Waals surface area (Å²) >= 11 is 0. The summed E-state index contributed by atoms with van der Waals surface area (Å²) in [7, 11) is 0. The molecule has 1 aromatic rings. The molecular weight excluding hydrogens is 226 g/mol. The quantitative estimate of drug-likeness (QED) is 0.451. The molecule has 1 heterocycles. The van der Waals surface area contributed by atoms with Gasteiger partial charge in [0.25, 0.3) is 5.69 Å². The zero-order chi connectivity index (χ0) is 12.3. The second-order valence-electron chi connectivity index (χ2n) is 3.57. The molecule has 0 saturated carbocycles. The second-order valence-corrected chi connectivity index (χ2v) is 3.57. The van der Waals surface area contributed by atoms with Crippen LogP contribution in [0.25, 0.3) is 0 Å². The number of nitrogens with zero attached hydrogens (tertiary/aromatic N) is 1. The third kappa shape index (κ3) is 2.66. The number of carbonyl (C=O) groups is 1. The van der Waals surface area contributed by atoms with Gasteiger partial charge < -0.3 is 9.47 Å². The van der Waals surface area contributed by atoms with Gasteiger partial charge in [0.1, 0.15) is 0 Å². The van der Waals surface area contributed by atoms with E-state index in [1.165, 1.54) is 18.2 Å². The van der Waals surface area contributed by atoms with E-state index >= 15 is 0 Å². The molecule has 6 nitrogen and oxygen atoms in total. The minimum Gasteiger partial charge on any atom is -0.350 e. The molecule has 0 bridgehead atoms. The first-order valence-electron chi connectivity index (χ1n) is 5.18. The Bertz CT molecular complexity index is 439. The molecule has 1 saturated heterocycles. The molecule has 90 valence electrons.